The fourth-order valence-electron chi connectivity index (χ4n) is 4.59. The molecule has 9 nitrogen and oxygen atoms in total. The molecule has 174 valence electrons. The van der Waals surface area contributed by atoms with E-state index < -0.39 is 24.3 Å². The second-order valence-corrected chi connectivity index (χ2v) is 8.67. The number of carbonyl (C=O) groups is 3. The summed E-state index contributed by atoms with van der Waals surface area (Å²) in [7, 11) is 0. The molecule has 4 aliphatic rings. The van der Waals surface area contributed by atoms with Gasteiger partial charge in [0.1, 0.15) is 18.3 Å². The number of aliphatic carboxylic acids is 1. The maximum absolute atomic E-state index is 13.5. The van der Waals surface area contributed by atoms with Crippen LogP contribution in [0, 0.1) is 16.7 Å². The number of nitriles is 1. The number of fused-ring (bicyclic) bond motifs is 3. The molecule has 0 aromatic carbocycles. The molecule has 1 aliphatic heterocycles. The summed E-state index contributed by atoms with van der Waals surface area (Å²) in [5.74, 6) is -1.48. The van der Waals surface area contributed by atoms with E-state index in [1.54, 1.807) is 0 Å². The van der Waals surface area contributed by atoms with Crippen LogP contribution in [-0.2, 0) is 19.1 Å². The first-order valence-corrected chi connectivity index (χ1v) is 10.7. The van der Waals surface area contributed by atoms with Crippen molar-refractivity contribution >= 4 is 17.8 Å². The Hall–Kier alpha value is -2.25. The largest absolute Gasteiger partial charge is 0.479 e. The Morgan fingerprint density at radius 3 is 2.26 bits per heavy atom. The highest BCUT2D eigenvalue weighted by molar-refractivity contribution is 5.80. The molecule has 0 unspecified atom stereocenters. The minimum Gasteiger partial charge on any atom is -0.479 e. The standard InChI is InChI=1S/C18H26FN3O3.C3H6O3/c1-2-25-16(24)17-3-6-18(7-4-17,8-5-17)21-11-15(23)22-12-13(19)9-14(22)10-20;1-2(4)3(5)6/h13-14,21H,2-9,11-12H2,1H3;2,4H,1H3,(H,5,6)/t13-,14-,17?,18?;2-/m00/s1. The lowest BCUT2D eigenvalue weighted by Crippen LogP contribution is -2.58. The van der Waals surface area contributed by atoms with E-state index in [0.29, 0.717) is 6.61 Å². The first kappa shape index (κ1) is 25.0. The Morgan fingerprint density at radius 1 is 1.26 bits per heavy atom. The topological polar surface area (TPSA) is 140 Å². The van der Waals surface area contributed by atoms with Crippen molar-refractivity contribution in [2.75, 3.05) is 19.7 Å². The highest BCUT2D eigenvalue weighted by Crippen LogP contribution is 2.52. The molecule has 4 fully saturated rings. The van der Waals surface area contributed by atoms with E-state index in [1.165, 1.54) is 11.8 Å². The van der Waals surface area contributed by atoms with Crippen LogP contribution in [0.1, 0.15) is 58.8 Å². The molecule has 0 aromatic rings. The molecule has 3 N–H and O–H groups in total. The summed E-state index contributed by atoms with van der Waals surface area (Å²) < 4.78 is 18.7. The van der Waals surface area contributed by atoms with Gasteiger partial charge in [-0.15, -0.1) is 0 Å². The zero-order valence-corrected chi connectivity index (χ0v) is 18.1. The second-order valence-electron chi connectivity index (χ2n) is 8.67. The molecule has 10 heteroatoms. The smallest absolute Gasteiger partial charge is 0.332 e. The van der Waals surface area contributed by atoms with Crippen molar-refractivity contribution in [2.45, 2.75) is 82.6 Å². The molecule has 1 amide bonds. The second kappa shape index (κ2) is 10.4. The summed E-state index contributed by atoms with van der Waals surface area (Å²) in [5.41, 5.74) is -0.466. The van der Waals surface area contributed by atoms with Crippen LogP contribution in [0.3, 0.4) is 0 Å². The van der Waals surface area contributed by atoms with E-state index in [4.69, 9.17) is 20.2 Å². The number of rotatable bonds is 6. The average Bonchev–Trinajstić information content (AvgIpc) is 3.15. The molecule has 3 atom stereocenters. The van der Waals surface area contributed by atoms with Crippen LogP contribution in [0.5, 0.6) is 0 Å². The third-order valence-corrected chi connectivity index (χ3v) is 6.65. The van der Waals surface area contributed by atoms with E-state index in [0.717, 1.165) is 38.5 Å². The number of esters is 1. The highest BCUT2D eigenvalue weighted by Gasteiger charge is 2.53. The van der Waals surface area contributed by atoms with Gasteiger partial charge in [0, 0.05) is 12.0 Å². The highest BCUT2D eigenvalue weighted by atomic mass is 19.1. The van der Waals surface area contributed by atoms with Gasteiger partial charge in [0.15, 0.2) is 0 Å². The first-order valence-electron chi connectivity index (χ1n) is 10.7. The average molecular weight is 442 g/mol. The van der Waals surface area contributed by atoms with Crippen LogP contribution in [0.25, 0.3) is 0 Å². The van der Waals surface area contributed by atoms with Gasteiger partial charge in [-0.3, -0.25) is 9.59 Å². The Labute approximate surface area is 181 Å². The van der Waals surface area contributed by atoms with E-state index in [2.05, 4.69) is 5.32 Å². The minimum absolute atomic E-state index is 0.0116. The predicted octanol–water partition coefficient (Wildman–Crippen LogP) is 1.15. The summed E-state index contributed by atoms with van der Waals surface area (Å²) in [6, 6.07) is 1.35. The van der Waals surface area contributed by atoms with E-state index in [9.17, 15) is 18.8 Å². The van der Waals surface area contributed by atoms with Gasteiger partial charge in [-0.05, 0) is 52.4 Å². The zero-order valence-electron chi connectivity index (χ0n) is 18.1. The van der Waals surface area contributed by atoms with Crippen molar-refractivity contribution in [3.05, 3.63) is 0 Å². The van der Waals surface area contributed by atoms with Gasteiger partial charge in [-0.25, -0.2) is 9.18 Å². The van der Waals surface area contributed by atoms with Gasteiger partial charge in [0.2, 0.25) is 5.91 Å². The maximum atomic E-state index is 13.5. The number of aliphatic hydroxyl groups is 1. The van der Waals surface area contributed by atoms with Gasteiger partial charge in [-0.1, -0.05) is 0 Å². The first-order chi connectivity index (χ1) is 14.6. The van der Waals surface area contributed by atoms with Crippen molar-refractivity contribution in [1.29, 1.82) is 5.26 Å². The molecular formula is C21H32FN3O6. The van der Waals surface area contributed by atoms with E-state index >= 15 is 0 Å². The quantitative estimate of drug-likeness (QED) is 0.522. The van der Waals surface area contributed by atoms with Crippen molar-refractivity contribution in [2.24, 2.45) is 5.41 Å². The number of amides is 1. The number of carboxylic acids is 1. The molecule has 1 heterocycles. The summed E-state index contributed by atoms with van der Waals surface area (Å²) in [6.07, 6.45) is 2.63. The number of carbonyl (C=O) groups excluding carboxylic acids is 2. The molecule has 2 bridgehead atoms. The lowest BCUT2D eigenvalue weighted by molar-refractivity contribution is -0.163. The molecule has 31 heavy (non-hydrogen) atoms. The Bertz CT molecular complexity index is 698. The number of ether oxygens (including phenoxy) is 1. The molecular weight excluding hydrogens is 409 g/mol. The number of hydrogen-bond acceptors (Lipinski definition) is 7. The molecule has 3 aliphatic carbocycles. The van der Waals surface area contributed by atoms with E-state index in [-0.39, 0.29) is 42.3 Å². The Balaban J connectivity index is 0.000000501. The third kappa shape index (κ3) is 5.92. The van der Waals surface area contributed by atoms with Gasteiger partial charge in [0.25, 0.3) is 0 Å². The van der Waals surface area contributed by atoms with Gasteiger partial charge < -0.3 is 25.2 Å². The number of halogens is 1. The number of carboxylic acid groups (broad SMARTS) is 1. The normalized spacial score (nSPS) is 32.4. The number of hydrogen-bond donors (Lipinski definition) is 3. The molecule has 0 radical (unpaired) electrons. The summed E-state index contributed by atoms with van der Waals surface area (Å²) in [5, 5.41) is 28.2. The summed E-state index contributed by atoms with van der Waals surface area (Å²) in [6.45, 7) is 3.56. The van der Waals surface area contributed by atoms with Crippen molar-refractivity contribution in [1.82, 2.24) is 10.2 Å². The van der Waals surface area contributed by atoms with Crippen molar-refractivity contribution < 1.29 is 33.7 Å². The fourth-order valence-corrected chi connectivity index (χ4v) is 4.59. The molecule has 4 rings (SSSR count). The van der Waals surface area contributed by atoms with Crippen LogP contribution in [-0.4, -0.2) is 76.5 Å². The van der Waals surface area contributed by atoms with Crippen molar-refractivity contribution in [3.63, 3.8) is 0 Å². The summed E-state index contributed by atoms with van der Waals surface area (Å²) >= 11 is 0. The van der Waals surface area contributed by atoms with Crippen LogP contribution < -0.4 is 5.32 Å². The van der Waals surface area contributed by atoms with Gasteiger partial charge in [-0.2, -0.15) is 5.26 Å². The number of nitrogens with zero attached hydrogens (tertiary/aromatic N) is 2. The lowest BCUT2D eigenvalue weighted by atomic mass is 9.57. The Morgan fingerprint density at radius 2 is 1.81 bits per heavy atom. The molecule has 0 aromatic heterocycles. The monoisotopic (exact) mass is 441 g/mol. The number of likely N-dealkylation sites (tertiary alicyclic amines) is 1. The molecule has 0 spiro atoms. The predicted molar refractivity (Wildman–Crippen MR) is 107 cm³/mol. The third-order valence-electron chi connectivity index (χ3n) is 6.65. The zero-order chi connectivity index (χ0) is 23.2. The minimum atomic E-state index is -1.23. The number of alkyl halides is 1. The van der Waals surface area contributed by atoms with E-state index in [1.807, 2.05) is 13.0 Å². The fraction of sp³-hybridized carbons (Fsp3) is 0.810. The van der Waals surface area contributed by atoms with Crippen LogP contribution in [0.4, 0.5) is 4.39 Å². The van der Waals surface area contributed by atoms with Crippen molar-refractivity contribution in [3.8, 4) is 6.07 Å². The maximum Gasteiger partial charge on any atom is 0.332 e. The van der Waals surface area contributed by atoms with Gasteiger partial charge in [0.05, 0.1) is 31.2 Å². The number of nitrogens with one attached hydrogen (secondary N) is 1. The molecule has 1 saturated heterocycles. The van der Waals surface area contributed by atoms with Crippen LogP contribution in [0.15, 0.2) is 0 Å². The van der Waals surface area contributed by atoms with Crippen LogP contribution in [0.2, 0.25) is 0 Å². The lowest BCUT2D eigenvalue weighted by Gasteiger charge is -2.52. The Kier molecular flexibility index (Phi) is 8.37. The van der Waals surface area contributed by atoms with Gasteiger partial charge >= 0.3 is 11.9 Å². The molecule has 3 saturated carbocycles. The SMILES string of the molecule is CCOC(=O)C12CCC(NCC(=O)N3C[C@@H](F)C[C@H]3C#N)(CC1)CC2.C[C@H](O)C(=O)O. The van der Waals surface area contributed by atoms with Crippen LogP contribution >= 0.6 is 0 Å². The number of aliphatic hydroxyl groups excluding tert-OH is 1. The summed E-state index contributed by atoms with van der Waals surface area (Å²) in [4.78, 5) is 35.5.